The van der Waals surface area contributed by atoms with Crippen LogP contribution in [0.25, 0.3) is 0 Å². The molecule has 0 radical (unpaired) electrons. The molecule has 1 saturated heterocycles. The van der Waals surface area contributed by atoms with Crippen molar-refractivity contribution in [3.63, 3.8) is 0 Å². The summed E-state index contributed by atoms with van der Waals surface area (Å²) in [5.41, 5.74) is 2.01. The molecule has 0 spiro atoms. The number of nitrogens with one attached hydrogen (secondary N) is 2. The lowest BCUT2D eigenvalue weighted by molar-refractivity contribution is -0.130. The van der Waals surface area contributed by atoms with Crippen LogP contribution in [0.4, 0.5) is 0 Å². The second-order valence-corrected chi connectivity index (χ2v) is 10.0. The van der Waals surface area contributed by atoms with Crippen molar-refractivity contribution in [1.29, 1.82) is 0 Å². The van der Waals surface area contributed by atoms with Crippen LogP contribution in [0.5, 0.6) is 0 Å². The molecule has 2 aromatic carbocycles. The number of carbonyl (C=O) groups excluding carboxylic acids is 1. The van der Waals surface area contributed by atoms with Gasteiger partial charge in [0, 0.05) is 24.2 Å². The van der Waals surface area contributed by atoms with E-state index in [2.05, 4.69) is 26.0 Å². The molecule has 6 nitrogen and oxygen atoms in total. The van der Waals surface area contributed by atoms with Crippen LogP contribution < -0.4 is 10.0 Å². The van der Waals surface area contributed by atoms with Crippen molar-refractivity contribution < 1.29 is 17.9 Å². The van der Waals surface area contributed by atoms with Crippen LogP contribution in [0.2, 0.25) is 0 Å². The highest BCUT2D eigenvalue weighted by Crippen LogP contribution is 2.35. The standard InChI is InChI=1S/C21H25BrN2O4S/c1-23-29(26,27)15-17-4-2-16(3-5-17)14-24-20(25)21(10-12-28-13-11-21)18-6-8-19(22)9-7-18/h2-9,23H,10-15H2,1H3,(H,24,25). The van der Waals surface area contributed by atoms with Crippen LogP contribution in [0.1, 0.15) is 29.5 Å². The molecule has 1 aliphatic heterocycles. The van der Waals surface area contributed by atoms with Gasteiger partial charge < -0.3 is 10.1 Å². The Bertz CT molecular complexity index is 938. The highest BCUT2D eigenvalue weighted by Gasteiger charge is 2.41. The first-order valence-corrected chi connectivity index (χ1v) is 11.9. The summed E-state index contributed by atoms with van der Waals surface area (Å²) in [6.07, 6.45) is 1.28. The average Bonchev–Trinajstić information content (AvgIpc) is 2.74. The molecular weight excluding hydrogens is 456 g/mol. The molecular formula is C21H25BrN2O4S. The molecule has 0 bridgehead atoms. The van der Waals surface area contributed by atoms with Crippen molar-refractivity contribution in [3.05, 3.63) is 69.7 Å². The van der Waals surface area contributed by atoms with Gasteiger partial charge in [0.05, 0.1) is 11.2 Å². The molecule has 2 N–H and O–H groups in total. The van der Waals surface area contributed by atoms with Gasteiger partial charge in [-0.3, -0.25) is 4.79 Å². The third-order valence-electron chi connectivity index (χ3n) is 5.32. The number of halogens is 1. The number of benzene rings is 2. The summed E-state index contributed by atoms with van der Waals surface area (Å²) in [5, 5.41) is 3.06. The molecule has 0 atom stereocenters. The van der Waals surface area contributed by atoms with Gasteiger partial charge in [-0.25, -0.2) is 13.1 Å². The average molecular weight is 481 g/mol. The molecule has 156 valence electrons. The Morgan fingerprint density at radius 3 is 2.21 bits per heavy atom. The summed E-state index contributed by atoms with van der Waals surface area (Å²) >= 11 is 3.45. The fraction of sp³-hybridized carbons (Fsp3) is 0.381. The summed E-state index contributed by atoms with van der Waals surface area (Å²) in [6, 6.07) is 15.1. The summed E-state index contributed by atoms with van der Waals surface area (Å²) in [5.74, 6) is -0.0759. The van der Waals surface area contributed by atoms with E-state index in [1.807, 2.05) is 36.4 Å². The number of hydrogen-bond donors (Lipinski definition) is 2. The Morgan fingerprint density at radius 2 is 1.62 bits per heavy atom. The first-order chi connectivity index (χ1) is 13.8. The first-order valence-electron chi connectivity index (χ1n) is 9.46. The van der Waals surface area contributed by atoms with E-state index in [0.717, 1.165) is 15.6 Å². The molecule has 0 saturated carbocycles. The van der Waals surface area contributed by atoms with E-state index < -0.39 is 15.4 Å². The van der Waals surface area contributed by atoms with Gasteiger partial charge >= 0.3 is 0 Å². The monoisotopic (exact) mass is 480 g/mol. The zero-order chi connectivity index (χ0) is 20.9. The highest BCUT2D eigenvalue weighted by atomic mass is 79.9. The van der Waals surface area contributed by atoms with Gasteiger partial charge in [-0.1, -0.05) is 52.3 Å². The SMILES string of the molecule is CNS(=O)(=O)Cc1ccc(CNC(=O)C2(c3ccc(Br)cc3)CCOCC2)cc1. The van der Waals surface area contributed by atoms with E-state index in [1.54, 1.807) is 12.1 Å². The molecule has 1 aliphatic rings. The largest absolute Gasteiger partial charge is 0.381 e. The Hall–Kier alpha value is -1.74. The maximum absolute atomic E-state index is 13.2. The van der Waals surface area contributed by atoms with E-state index in [9.17, 15) is 13.2 Å². The van der Waals surface area contributed by atoms with Gasteiger partial charge in [-0.2, -0.15) is 0 Å². The third-order valence-corrected chi connectivity index (χ3v) is 7.19. The van der Waals surface area contributed by atoms with Gasteiger partial charge in [0.25, 0.3) is 0 Å². The second-order valence-electron chi connectivity index (χ2n) is 7.16. The number of sulfonamides is 1. The number of amides is 1. The number of rotatable bonds is 7. The number of hydrogen-bond acceptors (Lipinski definition) is 4. The van der Waals surface area contributed by atoms with Crippen LogP contribution in [0.15, 0.2) is 53.0 Å². The van der Waals surface area contributed by atoms with E-state index in [4.69, 9.17) is 4.74 Å². The third kappa shape index (κ3) is 5.45. The molecule has 1 amide bonds. The van der Waals surface area contributed by atoms with Gasteiger partial charge in [0.2, 0.25) is 15.9 Å². The van der Waals surface area contributed by atoms with E-state index in [-0.39, 0.29) is 11.7 Å². The van der Waals surface area contributed by atoms with E-state index in [0.29, 0.717) is 38.2 Å². The minimum Gasteiger partial charge on any atom is -0.381 e. The molecule has 2 aromatic rings. The van der Waals surface area contributed by atoms with Crippen molar-refractivity contribution in [3.8, 4) is 0 Å². The maximum atomic E-state index is 13.2. The van der Waals surface area contributed by atoms with Crippen LogP contribution in [0.3, 0.4) is 0 Å². The molecule has 0 aliphatic carbocycles. The van der Waals surface area contributed by atoms with E-state index in [1.165, 1.54) is 7.05 Å². The minimum absolute atomic E-state index is 0.00930. The molecule has 0 unspecified atom stereocenters. The zero-order valence-electron chi connectivity index (χ0n) is 16.3. The topological polar surface area (TPSA) is 84.5 Å². The van der Waals surface area contributed by atoms with Gasteiger partial charge in [0.1, 0.15) is 0 Å². The Labute approximate surface area is 180 Å². The zero-order valence-corrected chi connectivity index (χ0v) is 18.7. The predicted octanol–water partition coefficient (Wildman–Crippen LogP) is 2.86. The minimum atomic E-state index is -3.30. The fourth-order valence-electron chi connectivity index (χ4n) is 3.53. The van der Waals surface area contributed by atoms with Crippen LogP contribution in [-0.4, -0.2) is 34.6 Å². The second kappa shape index (κ2) is 9.38. The van der Waals surface area contributed by atoms with Crippen LogP contribution >= 0.6 is 15.9 Å². The number of carbonyl (C=O) groups is 1. The van der Waals surface area contributed by atoms with E-state index >= 15 is 0 Å². The lowest BCUT2D eigenvalue weighted by atomic mass is 9.73. The predicted molar refractivity (Wildman–Crippen MR) is 116 cm³/mol. The van der Waals surface area contributed by atoms with Crippen molar-refractivity contribution in [1.82, 2.24) is 10.0 Å². The van der Waals surface area contributed by atoms with Crippen molar-refractivity contribution >= 4 is 31.9 Å². The number of ether oxygens (including phenoxy) is 1. The van der Waals surface area contributed by atoms with Gasteiger partial charge in [-0.05, 0) is 48.7 Å². The molecule has 0 aromatic heterocycles. The van der Waals surface area contributed by atoms with Gasteiger partial charge in [-0.15, -0.1) is 0 Å². The molecule has 3 rings (SSSR count). The normalized spacial score (nSPS) is 16.3. The van der Waals surface area contributed by atoms with Crippen LogP contribution in [-0.2, 0) is 37.3 Å². The molecule has 1 heterocycles. The Kier molecular flexibility index (Phi) is 7.10. The van der Waals surface area contributed by atoms with Crippen molar-refractivity contribution in [2.45, 2.75) is 30.6 Å². The molecule has 8 heteroatoms. The lowest BCUT2D eigenvalue weighted by Gasteiger charge is -2.36. The maximum Gasteiger partial charge on any atom is 0.231 e. The summed E-state index contributed by atoms with van der Waals surface area (Å²) in [7, 11) is -1.90. The smallest absolute Gasteiger partial charge is 0.231 e. The summed E-state index contributed by atoms with van der Waals surface area (Å²) in [4.78, 5) is 13.2. The van der Waals surface area contributed by atoms with Crippen molar-refractivity contribution in [2.75, 3.05) is 20.3 Å². The highest BCUT2D eigenvalue weighted by molar-refractivity contribution is 9.10. The first kappa shape index (κ1) is 22.0. The van der Waals surface area contributed by atoms with Crippen LogP contribution in [0, 0.1) is 0 Å². The molecule has 1 fully saturated rings. The van der Waals surface area contributed by atoms with Gasteiger partial charge in [0.15, 0.2) is 0 Å². The Morgan fingerprint density at radius 1 is 1.03 bits per heavy atom. The lowest BCUT2D eigenvalue weighted by Crippen LogP contribution is -2.47. The molecule has 29 heavy (non-hydrogen) atoms. The quantitative estimate of drug-likeness (QED) is 0.637. The van der Waals surface area contributed by atoms with Crippen molar-refractivity contribution in [2.24, 2.45) is 0 Å². The fourth-order valence-corrected chi connectivity index (χ4v) is 4.57. The Balaban J connectivity index is 1.70. The summed E-state index contributed by atoms with van der Waals surface area (Å²) < 4.78 is 32.1. The summed E-state index contributed by atoms with van der Waals surface area (Å²) in [6.45, 7) is 1.49.